The Kier molecular flexibility index (Phi) is 5.32. The first-order chi connectivity index (χ1) is 12.5. The van der Waals surface area contributed by atoms with Crippen LogP contribution in [0.4, 0.5) is 0 Å². The largest absolute Gasteiger partial charge is 0.461 e. The number of unbranched alkanes of at least 4 members (excludes halogenated alkanes) is 1. The lowest BCUT2D eigenvalue weighted by Crippen LogP contribution is -2.13. The quantitative estimate of drug-likeness (QED) is 0.485. The van der Waals surface area contributed by atoms with E-state index in [9.17, 15) is 13.2 Å². The summed E-state index contributed by atoms with van der Waals surface area (Å²) >= 11 is 0. The van der Waals surface area contributed by atoms with Crippen molar-refractivity contribution in [2.24, 2.45) is 0 Å². The minimum atomic E-state index is -3.83. The molecule has 0 aliphatic heterocycles. The highest BCUT2D eigenvalue weighted by Crippen LogP contribution is 2.25. The normalized spacial score (nSPS) is 11.4. The molecule has 0 spiro atoms. The smallest absolute Gasteiger partial charge is 0.357 e. The van der Waals surface area contributed by atoms with Gasteiger partial charge in [-0.1, -0.05) is 55.8 Å². The number of fused-ring (bicyclic) bond motifs is 1. The van der Waals surface area contributed by atoms with E-state index in [1.807, 2.05) is 6.92 Å². The number of hydrogen-bond donors (Lipinski definition) is 0. The van der Waals surface area contributed by atoms with Crippen LogP contribution < -0.4 is 0 Å². The molecule has 0 aliphatic carbocycles. The monoisotopic (exact) mass is 369 g/mol. The Morgan fingerprint density at radius 3 is 2.46 bits per heavy atom. The molecule has 5 nitrogen and oxygen atoms in total. The number of pyridine rings is 1. The number of carbonyl (C=O) groups excluding carboxylic acids is 1. The molecule has 0 fully saturated rings. The maximum atomic E-state index is 12.9. The van der Waals surface area contributed by atoms with Crippen molar-refractivity contribution >= 4 is 26.6 Å². The van der Waals surface area contributed by atoms with Gasteiger partial charge in [-0.15, -0.1) is 0 Å². The van der Waals surface area contributed by atoms with Gasteiger partial charge in [0.1, 0.15) is 0 Å². The van der Waals surface area contributed by atoms with Gasteiger partial charge in [0.2, 0.25) is 9.84 Å². The highest BCUT2D eigenvalue weighted by molar-refractivity contribution is 7.91. The van der Waals surface area contributed by atoms with Gasteiger partial charge in [0.15, 0.2) is 10.7 Å². The highest BCUT2D eigenvalue weighted by Gasteiger charge is 2.23. The average Bonchev–Trinajstić information content (AvgIpc) is 2.68. The van der Waals surface area contributed by atoms with Gasteiger partial charge in [0, 0.05) is 5.39 Å². The van der Waals surface area contributed by atoms with Crippen LogP contribution >= 0.6 is 0 Å². The second kappa shape index (κ2) is 7.66. The van der Waals surface area contributed by atoms with E-state index in [0.717, 1.165) is 12.8 Å². The first kappa shape index (κ1) is 18.1. The van der Waals surface area contributed by atoms with E-state index in [1.165, 1.54) is 18.2 Å². The fourth-order valence-corrected chi connectivity index (χ4v) is 3.82. The zero-order chi connectivity index (χ0) is 18.6. The summed E-state index contributed by atoms with van der Waals surface area (Å²) in [4.78, 5) is 16.8. The van der Waals surface area contributed by atoms with Crippen molar-refractivity contribution in [2.75, 3.05) is 6.61 Å². The van der Waals surface area contributed by atoms with Gasteiger partial charge < -0.3 is 4.74 Å². The average molecular weight is 369 g/mol. The summed E-state index contributed by atoms with van der Waals surface area (Å²) in [5, 5.41) is 1.03. The zero-order valence-corrected chi connectivity index (χ0v) is 15.2. The summed E-state index contributed by atoms with van der Waals surface area (Å²) < 4.78 is 31.0. The van der Waals surface area contributed by atoms with Crippen molar-refractivity contribution in [3.63, 3.8) is 0 Å². The van der Waals surface area contributed by atoms with Crippen molar-refractivity contribution in [2.45, 2.75) is 29.7 Å². The Morgan fingerprint density at radius 2 is 1.73 bits per heavy atom. The first-order valence-electron chi connectivity index (χ1n) is 8.41. The fourth-order valence-electron chi connectivity index (χ4n) is 2.57. The summed E-state index contributed by atoms with van der Waals surface area (Å²) in [5.41, 5.74) is 0.0220. The van der Waals surface area contributed by atoms with E-state index >= 15 is 0 Å². The third kappa shape index (κ3) is 3.60. The van der Waals surface area contributed by atoms with Gasteiger partial charge in [-0.3, -0.25) is 0 Å². The summed E-state index contributed by atoms with van der Waals surface area (Å²) in [6, 6.07) is 16.6. The Morgan fingerprint density at radius 1 is 1.04 bits per heavy atom. The van der Waals surface area contributed by atoms with Crippen molar-refractivity contribution in [1.29, 1.82) is 0 Å². The molecule has 2 aromatic carbocycles. The van der Waals surface area contributed by atoms with E-state index < -0.39 is 15.8 Å². The molecule has 0 saturated heterocycles. The topological polar surface area (TPSA) is 73.3 Å². The van der Waals surface area contributed by atoms with Gasteiger partial charge in [-0.2, -0.15) is 0 Å². The SMILES string of the molecule is CCCCOC(=O)c1nc(S(=O)(=O)c2ccccc2)cc2ccccc12. The van der Waals surface area contributed by atoms with Gasteiger partial charge in [-0.25, -0.2) is 18.2 Å². The van der Waals surface area contributed by atoms with Crippen LogP contribution in [0, 0.1) is 0 Å². The molecule has 0 bridgehead atoms. The van der Waals surface area contributed by atoms with E-state index in [2.05, 4.69) is 4.98 Å². The molecule has 0 saturated carbocycles. The number of rotatable bonds is 6. The minimum Gasteiger partial charge on any atom is -0.461 e. The van der Waals surface area contributed by atoms with E-state index in [-0.39, 0.29) is 22.2 Å². The maximum Gasteiger partial charge on any atom is 0.357 e. The molecule has 0 amide bonds. The number of carbonyl (C=O) groups is 1. The third-order valence-corrected chi connectivity index (χ3v) is 5.62. The van der Waals surface area contributed by atoms with Crippen LogP contribution in [0.3, 0.4) is 0 Å². The van der Waals surface area contributed by atoms with Crippen molar-refractivity contribution in [3.8, 4) is 0 Å². The lowest BCUT2D eigenvalue weighted by atomic mass is 10.1. The molecule has 1 heterocycles. The van der Waals surface area contributed by atoms with E-state index in [0.29, 0.717) is 10.8 Å². The molecule has 1 aromatic heterocycles. The van der Waals surface area contributed by atoms with Crippen molar-refractivity contribution < 1.29 is 17.9 Å². The van der Waals surface area contributed by atoms with Crippen LogP contribution in [-0.2, 0) is 14.6 Å². The molecule has 3 aromatic rings. The lowest BCUT2D eigenvalue weighted by molar-refractivity contribution is 0.0494. The molecule has 0 atom stereocenters. The lowest BCUT2D eigenvalue weighted by Gasteiger charge is -2.10. The van der Waals surface area contributed by atoms with Crippen LogP contribution in [0.2, 0.25) is 0 Å². The first-order valence-corrected chi connectivity index (χ1v) is 9.89. The molecule has 0 N–H and O–H groups in total. The number of hydrogen-bond acceptors (Lipinski definition) is 5. The predicted octanol–water partition coefficient (Wildman–Crippen LogP) is 4.02. The van der Waals surface area contributed by atoms with E-state index in [4.69, 9.17) is 4.74 Å². The third-order valence-electron chi connectivity index (χ3n) is 3.97. The second-order valence-electron chi connectivity index (χ2n) is 5.84. The van der Waals surface area contributed by atoms with Gasteiger partial charge >= 0.3 is 5.97 Å². The van der Waals surface area contributed by atoms with Gasteiger partial charge in [0.25, 0.3) is 0 Å². The molecule has 0 aliphatic rings. The molecule has 134 valence electrons. The molecule has 6 heteroatoms. The molecular formula is C20H19NO4S. The zero-order valence-electron chi connectivity index (χ0n) is 14.4. The standard InChI is InChI=1S/C20H19NO4S/c1-2-3-13-25-20(22)19-17-12-8-7-9-15(17)14-18(21-19)26(23,24)16-10-5-4-6-11-16/h4-12,14H,2-3,13H2,1H3. The molecular weight excluding hydrogens is 350 g/mol. The number of esters is 1. The molecule has 3 rings (SSSR count). The number of ether oxygens (including phenoxy) is 1. The number of benzene rings is 2. The molecule has 0 radical (unpaired) electrons. The van der Waals surface area contributed by atoms with Crippen molar-refractivity contribution in [1.82, 2.24) is 4.98 Å². The highest BCUT2D eigenvalue weighted by atomic mass is 32.2. The fraction of sp³-hybridized carbons (Fsp3) is 0.200. The van der Waals surface area contributed by atoms with Gasteiger partial charge in [0.05, 0.1) is 11.5 Å². The van der Waals surface area contributed by atoms with Crippen molar-refractivity contribution in [3.05, 3.63) is 66.4 Å². The molecule has 0 unspecified atom stereocenters. The minimum absolute atomic E-state index is 0.0220. The Labute approximate surface area is 152 Å². The predicted molar refractivity (Wildman–Crippen MR) is 98.8 cm³/mol. The maximum absolute atomic E-state index is 12.9. The Hall–Kier alpha value is -2.73. The van der Waals surface area contributed by atoms with Crippen LogP contribution in [-0.4, -0.2) is 26.0 Å². The van der Waals surface area contributed by atoms with Crippen LogP contribution in [0.15, 0.2) is 70.6 Å². The van der Waals surface area contributed by atoms with Crippen LogP contribution in [0.1, 0.15) is 30.3 Å². The summed E-state index contributed by atoms with van der Waals surface area (Å²) in [7, 11) is -3.83. The second-order valence-corrected chi connectivity index (χ2v) is 7.73. The number of aromatic nitrogens is 1. The van der Waals surface area contributed by atoms with E-state index in [1.54, 1.807) is 42.5 Å². The molecule has 26 heavy (non-hydrogen) atoms. The number of nitrogens with zero attached hydrogens (tertiary/aromatic N) is 1. The van der Waals surface area contributed by atoms with Gasteiger partial charge in [-0.05, 0) is 30.0 Å². The summed E-state index contributed by atoms with van der Waals surface area (Å²) in [6.07, 6.45) is 1.63. The van der Waals surface area contributed by atoms with Crippen LogP contribution in [0.25, 0.3) is 10.8 Å². The Bertz CT molecular complexity index is 1030. The summed E-state index contributed by atoms with van der Waals surface area (Å²) in [6.45, 7) is 2.27. The number of sulfone groups is 1. The Balaban J connectivity index is 2.12. The van der Waals surface area contributed by atoms with Crippen LogP contribution in [0.5, 0.6) is 0 Å². The summed E-state index contributed by atoms with van der Waals surface area (Å²) in [5.74, 6) is -0.611.